The van der Waals surface area contributed by atoms with Crippen LogP contribution in [0, 0.1) is 5.82 Å². The van der Waals surface area contributed by atoms with Gasteiger partial charge in [0.15, 0.2) is 0 Å². The van der Waals surface area contributed by atoms with Crippen LogP contribution in [0.1, 0.15) is 41.6 Å². The Kier molecular flexibility index (Phi) is 4.61. The van der Waals surface area contributed by atoms with Crippen LogP contribution in [0.4, 0.5) is 4.39 Å². The molecule has 3 nitrogen and oxygen atoms in total. The first kappa shape index (κ1) is 16.0. The smallest absolute Gasteiger partial charge is 0.123 e. The van der Waals surface area contributed by atoms with Gasteiger partial charge in [-0.25, -0.2) is 9.37 Å². The topological polar surface area (TPSA) is 29.9 Å². The van der Waals surface area contributed by atoms with E-state index in [4.69, 9.17) is 0 Å². The summed E-state index contributed by atoms with van der Waals surface area (Å²) >= 11 is 0. The Morgan fingerprint density at radius 3 is 2.80 bits per heavy atom. The van der Waals surface area contributed by atoms with Crippen molar-refractivity contribution in [1.82, 2.24) is 14.9 Å². The van der Waals surface area contributed by atoms with E-state index in [1.807, 2.05) is 24.7 Å². The van der Waals surface area contributed by atoms with E-state index in [1.165, 1.54) is 29.7 Å². The van der Waals surface area contributed by atoms with E-state index in [2.05, 4.69) is 39.1 Å². The third-order valence-corrected chi connectivity index (χ3v) is 5.00. The van der Waals surface area contributed by atoms with Gasteiger partial charge in [-0.05, 0) is 48.1 Å². The Labute approximate surface area is 147 Å². The van der Waals surface area contributed by atoms with Crippen molar-refractivity contribution < 1.29 is 4.39 Å². The van der Waals surface area contributed by atoms with Crippen LogP contribution in [0.3, 0.4) is 0 Å². The Morgan fingerprint density at radius 1 is 1.16 bits per heavy atom. The van der Waals surface area contributed by atoms with E-state index in [-0.39, 0.29) is 11.9 Å². The van der Waals surface area contributed by atoms with Crippen molar-refractivity contribution in [3.8, 4) is 0 Å². The zero-order valence-electron chi connectivity index (χ0n) is 14.1. The first-order valence-electron chi connectivity index (χ1n) is 8.84. The predicted molar refractivity (Wildman–Crippen MR) is 96.6 cm³/mol. The molecule has 3 aromatic rings. The Morgan fingerprint density at radius 2 is 2.00 bits per heavy atom. The van der Waals surface area contributed by atoms with E-state index in [0.29, 0.717) is 6.04 Å². The van der Waals surface area contributed by atoms with Crippen LogP contribution in [0.25, 0.3) is 0 Å². The molecule has 0 unspecified atom stereocenters. The monoisotopic (exact) mass is 335 g/mol. The summed E-state index contributed by atoms with van der Waals surface area (Å²) in [5, 5.41) is 3.82. The minimum atomic E-state index is -0.201. The number of nitrogens with one attached hydrogen (secondary N) is 1. The fourth-order valence-electron chi connectivity index (χ4n) is 3.72. The van der Waals surface area contributed by atoms with Gasteiger partial charge < -0.3 is 9.88 Å². The molecule has 0 amide bonds. The average Bonchev–Trinajstić information content (AvgIpc) is 3.15. The van der Waals surface area contributed by atoms with Crippen LogP contribution < -0.4 is 5.32 Å². The summed E-state index contributed by atoms with van der Waals surface area (Å²) in [6.07, 6.45) is 9.04. The van der Waals surface area contributed by atoms with Gasteiger partial charge >= 0.3 is 0 Å². The lowest BCUT2D eigenvalue weighted by atomic mass is 9.87. The van der Waals surface area contributed by atoms with Crippen molar-refractivity contribution in [3.63, 3.8) is 0 Å². The second kappa shape index (κ2) is 7.19. The van der Waals surface area contributed by atoms with Crippen LogP contribution >= 0.6 is 0 Å². The summed E-state index contributed by atoms with van der Waals surface area (Å²) in [5.74, 6) is -0.201. The quantitative estimate of drug-likeness (QED) is 0.747. The molecule has 0 aliphatic heterocycles. The van der Waals surface area contributed by atoms with Gasteiger partial charge in [0.05, 0.1) is 12.4 Å². The summed E-state index contributed by atoms with van der Waals surface area (Å²) in [5.41, 5.74) is 3.93. The van der Waals surface area contributed by atoms with Crippen LogP contribution in [0.15, 0.2) is 67.3 Å². The van der Waals surface area contributed by atoms with Crippen molar-refractivity contribution in [2.45, 2.75) is 37.9 Å². The van der Waals surface area contributed by atoms with E-state index in [1.54, 1.807) is 6.20 Å². The lowest BCUT2D eigenvalue weighted by Gasteiger charge is -2.31. The third-order valence-electron chi connectivity index (χ3n) is 5.00. The second-order valence-electron chi connectivity index (χ2n) is 6.67. The van der Waals surface area contributed by atoms with Gasteiger partial charge in [0, 0.05) is 25.0 Å². The van der Waals surface area contributed by atoms with Gasteiger partial charge in [-0.15, -0.1) is 0 Å². The summed E-state index contributed by atoms with van der Waals surface area (Å²) in [4.78, 5) is 4.14. The Bertz CT molecular complexity index is 811. The first-order chi connectivity index (χ1) is 12.3. The molecule has 2 aromatic carbocycles. The highest BCUT2D eigenvalue weighted by Gasteiger charge is 2.23. The number of aryl methyl sites for hydroxylation is 1. The molecule has 2 atom stereocenters. The van der Waals surface area contributed by atoms with E-state index in [0.717, 1.165) is 24.9 Å². The normalized spacial score (nSPS) is 17.9. The number of hydrogen-bond acceptors (Lipinski definition) is 2. The van der Waals surface area contributed by atoms with Crippen molar-refractivity contribution in [1.29, 1.82) is 0 Å². The molecule has 4 heteroatoms. The molecule has 1 heterocycles. The molecule has 0 spiro atoms. The maximum atomic E-state index is 13.3. The molecule has 0 saturated heterocycles. The minimum Gasteiger partial charge on any atom is -0.336 e. The first-order valence-corrected chi connectivity index (χ1v) is 8.84. The van der Waals surface area contributed by atoms with Crippen molar-refractivity contribution in [2.24, 2.45) is 0 Å². The van der Waals surface area contributed by atoms with Crippen molar-refractivity contribution in [2.75, 3.05) is 0 Å². The average molecular weight is 335 g/mol. The fourth-order valence-corrected chi connectivity index (χ4v) is 3.72. The highest BCUT2D eigenvalue weighted by Crippen LogP contribution is 2.32. The molecule has 25 heavy (non-hydrogen) atoms. The Balaban J connectivity index is 1.61. The number of benzene rings is 2. The number of fused-ring (bicyclic) bond motifs is 1. The second-order valence-corrected chi connectivity index (χ2v) is 6.67. The molecule has 1 aliphatic rings. The van der Waals surface area contributed by atoms with Gasteiger partial charge in [-0.1, -0.05) is 36.4 Å². The molecule has 128 valence electrons. The lowest BCUT2D eigenvalue weighted by Crippen LogP contribution is -2.31. The fraction of sp³-hybridized carbons (Fsp3) is 0.286. The van der Waals surface area contributed by atoms with Crippen LogP contribution in [0.2, 0.25) is 0 Å². The maximum Gasteiger partial charge on any atom is 0.123 e. The molecule has 0 fully saturated rings. The van der Waals surface area contributed by atoms with Gasteiger partial charge in [0.25, 0.3) is 0 Å². The van der Waals surface area contributed by atoms with Crippen molar-refractivity contribution in [3.05, 3.63) is 89.8 Å². The highest BCUT2D eigenvalue weighted by atomic mass is 19.1. The Hall–Kier alpha value is -2.46. The predicted octanol–water partition coefficient (Wildman–Crippen LogP) is 4.43. The highest BCUT2D eigenvalue weighted by molar-refractivity contribution is 5.32. The summed E-state index contributed by atoms with van der Waals surface area (Å²) in [6.45, 7) is 0.768. The van der Waals surface area contributed by atoms with Gasteiger partial charge in [-0.2, -0.15) is 0 Å². The molecule has 1 aliphatic carbocycles. The molecule has 1 aromatic heterocycles. The SMILES string of the molecule is Fc1ccc([C@@H](Cn2ccnc2)N[C@@H]2CCCc3ccccc32)cc1. The molecule has 0 bridgehead atoms. The molecule has 1 N–H and O–H groups in total. The molecule has 4 rings (SSSR count). The number of nitrogens with zero attached hydrogens (tertiary/aromatic N) is 2. The van der Waals surface area contributed by atoms with Crippen molar-refractivity contribution >= 4 is 0 Å². The van der Waals surface area contributed by atoms with Gasteiger partial charge in [0.1, 0.15) is 5.82 Å². The number of aromatic nitrogens is 2. The summed E-state index contributed by atoms with van der Waals surface area (Å²) in [7, 11) is 0. The molecular formula is C21H22FN3. The van der Waals surface area contributed by atoms with Gasteiger partial charge in [-0.3, -0.25) is 0 Å². The molecule has 0 saturated carbocycles. The summed E-state index contributed by atoms with van der Waals surface area (Å²) < 4.78 is 15.4. The summed E-state index contributed by atoms with van der Waals surface area (Å²) in [6, 6.07) is 15.9. The number of halogens is 1. The zero-order valence-corrected chi connectivity index (χ0v) is 14.1. The van der Waals surface area contributed by atoms with E-state index in [9.17, 15) is 4.39 Å². The van der Waals surface area contributed by atoms with E-state index >= 15 is 0 Å². The van der Waals surface area contributed by atoms with Crippen LogP contribution in [0.5, 0.6) is 0 Å². The zero-order chi connectivity index (χ0) is 17.1. The lowest BCUT2D eigenvalue weighted by molar-refractivity contribution is 0.370. The van der Waals surface area contributed by atoms with Crippen LogP contribution in [-0.4, -0.2) is 9.55 Å². The number of imidazole rings is 1. The maximum absolute atomic E-state index is 13.3. The number of hydrogen-bond donors (Lipinski definition) is 1. The molecular weight excluding hydrogens is 313 g/mol. The largest absolute Gasteiger partial charge is 0.336 e. The van der Waals surface area contributed by atoms with Gasteiger partial charge in [0.2, 0.25) is 0 Å². The van der Waals surface area contributed by atoms with Crippen LogP contribution in [-0.2, 0) is 13.0 Å². The standard InChI is InChI=1S/C21H22FN3/c22-18-10-8-17(9-11-18)21(14-25-13-12-23-15-25)24-20-7-3-5-16-4-1-2-6-19(16)20/h1-2,4,6,8-13,15,20-21,24H,3,5,7,14H2/t20-,21-/m1/s1. The molecule has 0 radical (unpaired) electrons. The minimum absolute atomic E-state index is 0.103. The number of rotatable bonds is 5. The van der Waals surface area contributed by atoms with E-state index < -0.39 is 0 Å². The third kappa shape index (κ3) is 3.64.